The van der Waals surface area contributed by atoms with Crippen molar-refractivity contribution in [3.8, 4) is 0 Å². The number of benzene rings is 1. The van der Waals surface area contributed by atoms with E-state index in [9.17, 15) is 8.78 Å². The smallest absolute Gasteiger partial charge is 0.210 e. The monoisotopic (exact) mass is 214 g/mol. The Bertz CT molecular complexity index is 390. The lowest BCUT2D eigenvalue weighted by molar-refractivity contribution is 0.596. The highest BCUT2D eigenvalue weighted by molar-refractivity contribution is 5.93. The summed E-state index contributed by atoms with van der Waals surface area (Å²) in [6.45, 7) is 1.48. The van der Waals surface area contributed by atoms with Crippen molar-refractivity contribution in [2.24, 2.45) is 10.8 Å². The van der Waals surface area contributed by atoms with Crippen molar-refractivity contribution in [2.45, 2.75) is 6.92 Å². The lowest BCUT2D eigenvalue weighted by atomic mass is 10.2. The first-order valence-corrected chi connectivity index (χ1v) is 4.24. The van der Waals surface area contributed by atoms with Gasteiger partial charge in [-0.15, -0.1) is 0 Å². The van der Waals surface area contributed by atoms with Crippen molar-refractivity contribution < 1.29 is 8.78 Å². The highest BCUT2D eigenvalue weighted by atomic mass is 19.1. The number of nitrogens with two attached hydrogens (primary N) is 1. The van der Waals surface area contributed by atoms with Crippen molar-refractivity contribution in [1.29, 1.82) is 0 Å². The van der Waals surface area contributed by atoms with Gasteiger partial charge >= 0.3 is 0 Å². The second-order valence-electron chi connectivity index (χ2n) is 2.92. The summed E-state index contributed by atoms with van der Waals surface area (Å²) in [5, 5.41) is 2.51. The van der Waals surface area contributed by atoms with Gasteiger partial charge in [-0.1, -0.05) is 0 Å². The number of hydrogen-bond acceptors (Lipinski definition) is 2. The topological polar surface area (TPSA) is 62.4 Å². The van der Waals surface area contributed by atoms with Gasteiger partial charge in [-0.3, -0.25) is 10.4 Å². The molecule has 1 aromatic carbocycles. The summed E-state index contributed by atoms with van der Waals surface area (Å²) < 4.78 is 26.4. The Labute approximate surface area is 86.2 Å². The fourth-order valence-corrected chi connectivity index (χ4v) is 1.03. The van der Waals surface area contributed by atoms with Crippen LogP contribution in [0.25, 0.3) is 0 Å². The lowest BCUT2D eigenvalue weighted by Crippen LogP contribution is -2.36. The van der Waals surface area contributed by atoms with E-state index in [1.807, 2.05) is 0 Å². The minimum absolute atomic E-state index is 0.0170. The van der Waals surface area contributed by atoms with Crippen LogP contribution in [-0.2, 0) is 0 Å². The van der Waals surface area contributed by atoms with E-state index in [-0.39, 0.29) is 17.2 Å². The molecule has 0 fully saturated rings. The summed E-state index contributed by atoms with van der Waals surface area (Å²) >= 11 is 0. The van der Waals surface area contributed by atoms with Crippen LogP contribution in [0, 0.1) is 18.6 Å². The minimum Gasteiger partial charge on any atom is -0.323 e. The third kappa shape index (κ3) is 2.63. The molecule has 0 heterocycles. The van der Waals surface area contributed by atoms with Gasteiger partial charge in [-0.25, -0.2) is 14.6 Å². The highest BCUT2D eigenvalue weighted by Gasteiger charge is 2.08. The van der Waals surface area contributed by atoms with E-state index >= 15 is 0 Å². The van der Waals surface area contributed by atoms with Gasteiger partial charge in [-0.2, -0.15) is 0 Å². The zero-order valence-corrected chi connectivity index (χ0v) is 8.44. The number of hydrogen-bond donors (Lipinski definition) is 3. The molecule has 0 saturated carbocycles. The van der Waals surface area contributed by atoms with Gasteiger partial charge in [0.05, 0.1) is 5.69 Å². The van der Waals surface area contributed by atoms with Gasteiger partial charge in [0.25, 0.3) is 0 Å². The Morgan fingerprint density at radius 2 is 2.00 bits per heavy atom. The summed E-state index contributed by atoms with van der Waals surface area (Å²) in [4.78, 5) is 3.68. The van der Waals surface area contributed by atoms with Crippen LogP contribution in [0.4, 0.5) is 14.5 Å². The normalized spacial score (nSPS) is 11.4. The molecule has 1 rings (SSSR count). The van der Waals surface area contributed by atoms with Gasteiger partial charge in [0, 0.05) is 13.1 Å². The van der Waals surface area contributed by atoms with E-state index in [0.29, 0.717) is 0 Å². The number of aryl methyl sites for hydroxylation is 1. The number of anilines is 1. The van der Waals surface area contributed by atoms with E-state index in [1.165, 1.54) is 14.0 Å². The zero-order chi connectivity index (χ0) is 11.4. The molecule has 0 radical (unpaired) electrons. The molecule has 0 spiro atoms. The van der Waals surface area contributed by atoms with Crippen LogP contribution in [0.15, 0.2) is 17.1 Å². The number of nitrogens with zero attached hydrogens (tertiary/aromatic N) is 1. The molecule has 0 aliphatic rings. The van der Waals surface area contributed by atoms with E-state index in [2.05, 4.69) is 15.7 Å². The standard InChI is InChI=1S/C9H12F2N4/c1-5-3-7(11)8(4-6(5)10)14-9(13-2)15-12/h3-4H,12H2,1-2H3,(H2,13,14,15). The maximum Gasteiger partial charge on any atom is 0.210 e. The maximum atomic E-state index is 13.3. The van der Waals surface area contributed by atoms with Crippen molar-refractivity contribution in [3.63, 3.8) is 0 Å². The number of guanidine groups is 1. The second kappa shape index (κ2) is 4.70. The quantitative estimate of drug-likeness (QED) is 0.284. The molecule has 4 N–H and O–H groups in total. The van der Waals surface area contributed by atoms with Crippen LogP contribution in [0.5, 0.6) is 0 Å². The van der Waals surface area contributed by atoms with Crippen LogP contribution in [0.2, 0.25) is 0 Å². The van der Waals surface area contributed by atoms with Crippen LogP contribution in [0.1, 0.15) is 5.56 Å². The summed E-state index contributed by atoms with van der Waals surface area (Å²) in [5.74, 6) is 4.18. The van der Waals surface area contributed by atoms with Crippen molar-refractivity contribution >= 4 is 11.6 Å². The zero-order valence-electron chi connectivity index (χ0n) is 8.44. The SMILES string of the molecule is CN=C(NN)Nc1cc(F)c(C)cc1F. The van der Waals surface area contributed by atoms with Crippen LogP contribution in [-0.4, -0.2) is 13.0 Å². The molecule has 82 valence electrons. The fraction of sp³-hybridized carbons (Fsp3) is 0.222. The summed E-state index contributed by atoms with van der Waals surface area (Å²) in [7, 11) is 1.46. The van der Waals surface area contributed by atoms with E-state index < -0.39 is 11.6 Å². The third-order valence-electron chi connectivity index (χ3n) is 1.86. The number of hydrazine groups is 1. The summed E-state index contributed by atoms with van der Waals surface area (Å²) in [6.07, 6.45) is 0. The predicted octanol–water partition coefficient (Wildman–Crippen LogP) is 1.13. The molecule has 0 bridgehead atoms. The molecule has 0 aliphatic heterocycles. The Balaban J connectivity index is 3.00. The maximum absolute atomic E-state index is 13.3. The average Bonchev–Trinajstić information content (AvgIpc) is 2.21. The molecule has 0 amide bonds. The van der Waals surface area contributed by atoms with Gasteiger partial charge in [0.2, 0.25) is 5.96 Å². The van der Waals surface area contributed by atoms with Crippen molar-refractivity contribution in [3.05, 3.63) is 29.3 Å². The molecule has 15 heavy (non-hydrogen) atoms. The number of rotatable bonds is 1. The Morgan fingerprint density at radius 3 is 2.53 bits per heavy atom. The molecule has 0 aliphatic carbocycles. The largest absolute Gasteiger partial charge is 0.323 e. The van der Waals surface area contributed by atoms with Gasteiger partial charge in [-0.05, 0) is 18.6 Å². The third-order valence-corrected chi connectivity index (χ3v) is 1.86. The molecule has 0 saturated heterocycles. The number of halogens is 2. The highest BCUT2D eigenvalue weighted by Crippen LogP contribution is 2.18. The van der Waals surface area contributed by atoms with Crippen LogP contribution in [0.3, 0.4) is 0 Å². The molecule has 0 atom stereocenters. The molecule has 4 nitrogen and oxygen atoms in total. The Morgan fingerprint density at radius 1 is 1.33 bits per heavy atom. The molecule has 0 unspecified atom stereocenters. The van der Waals surface area contributed by atoms with E-state index in [0.717, 1.165) is 12.1 Å². The van der Waals surface area contributed by atoms with E-state index in [1.54, 1.807) is 0 Å². The van der Waals surface area contributed by atoms with Crippen molar-refractivity contribution in [1.82, 2.24) is 5.43 Å². The van der Waals surface area contributed by atoms with Gasteiger partial charge in [0.1, 0.15) is 11.6 Å². The number of nitrogens with one attached hydrogen (secondary N) is 2. The summed E-state index contributed by atoms with van der Waals surface area (Å²) in [6, 6.07) is 2.15. The van der Waals surface area contributed by atoms with E-state index in [4.69, 9.17) is 5.84 Å². The molecular weight excluding hydrogens is 202 g/mol. The van der Waals surface area contributed by atoms with Crippen molar-refractivity contribution in [2.75, 3.05) is 12.4 Å². The minimum atomic E-state index is -0.565. The first kappa shape index (κ1) is 11.4. The van der Waals surface area contributed by atoms with Crippen LogP contribution < -0.4 is 16.6 Å². The summed E-state index contributed by atoms with van der Waals surface area (Å²) in [5.41, 5.74) is 2.44. The Hall–Kier alpha value is -1.69. The predicted molar refractivity (Wildman–Crippen MR) is 55.4 cm³/mol. The lowest BCUT2D eigenvalue weighted by Gasteiger charge is -2.09. The second-order valence-corrected chi connectivity index (χ2v) is 2.92. The van der Waals surface area contributed by atoms with Gasteiger partial charge < -0.3 is 5.32 Å². The molecular formula is C9H12F2N4. The number of aliphatic imine (C=N–C) groups is 1. The first-order chi connectivity index (χ1) is 7.08. The Kier molecular flexibility index (Phi) is 3.56. The van der Waals surface area contributed by atoms with Crippen LogP contribution >= 0.6 is 0 Å². The first-order valence-electron chi connectivity index (χ1n) is 4.24. The molecule has 1 aromatic rings. The average molecular weight is 214 g/mol. The fourth-order valence-electron chi connectivity index (χ4n) is 1.03. The molecule has 6 heteroatoms. The molecule has 0 aromatic heterocycles. The van der Waals surface area contributed by atoms with Gasteiger partial charge in [0.15, 0.2) is 0 Å².